The summed E-state index contributed by atoms with van der Waals surface area (Å²) in [6.07, 6.45) is 6.86. The van der Waals surface area contributed by atoms with E-state index < -0.39 is 0 Å². The number of nitrogens with zero attached hydrogens (tertiary/aromatic N) is 1. The Labute approximate surface area is 174 Å². The molecule has 4 nitrogen and oxygen atoms in total. The van der Waals surface area contributed by atoms with Crippen molar-refractivity contribution in [2.24, 2.45) is 11.7 Å². The van der Waals surface area contributed by atoms with Crippen LogP contribution in [0.4, 0.5) is 0 Å². The Hall–Kier alpha value is -2.62. The summed E-state index contributed by atoms with van der Waals surface area (Å²) in [5, 5.41) is 0. The summed E-state index contributed by atoms with van der Waals surface area (Å²) in [6, 6.07) is 18.9. The monoisotopic (exact) mass is 392 g/mol. The van der Waals surface area contributed by atoms with Gasteiger partial charge in [-0.05, 0) is 61.1 Å². The average Bonchev–Trinajstić information content (AvgIpc) is 2.74. The van der Waals surface area contributed by atoms with E-state index in [2.05, 4.69) is 53.4 Å². The molecular formula is C25H32N2O2. The Morgan fingerprint density at radius 2 is 1.45 bits per heavy atom. The van der Waals surface area contributed by atoms with Gasteiger partial charge >= 0.3 is 0 Å². The van der Waals surface area contributed by atoms with Crippen molar-refractivity contribution in [1.82, 2.24) is 4.90 Å². The number of rotatable bonds is 9. The van der Waals surface area contributed by atoms with Crippen molar-refractivity contribution in [3.63, 3.8) is 0 Å². The van der Waals surface area contributed by atoms with Crippen LogP contribution in [0.5, 0.6) is 0 Å². The molecule has 1 heterocycles. The first kappa shape index (κ1) is 21.1. The number of primary amides is 1. The van der Waals surface area contributed by atoms with Crippen molar-refractivity contribution < 1.29 is 9.59 Å². The number of benzene rings is 2. The molecule has 2 amide bonds. The normalized spacial score (nSPS) is 14.7. The highest BCUT2D eigenvalue weighted by Crippen LogP contribution is 2.23. The summed E-state index contributed by atoms with van der Waals surface area (Å²) in [5.41, 5.74) is 9.01. The van der Waals surface area contributed by atoms with E-state index in [1.807, 2.05) is 6.07 Å². The molecule has 1 aliphatic heterocycles. The highest BCUT2D eigenvalue weighted by Gasteiger charge is 2.22. The number of carbonyl (C=O) groups excluding carboxylic acids is 2. The van der Waals surface area contributed by atoms with E-state index in [0.29, 0.717) is 31.1 Å². The van der Waals surface area contributed by atoms with Crippen LogP contribution in [0, 0.1) is 5.92 Å². The molecule has 0 aromatic heterocycles. The van der Waals surface area contributed by atoms with Crippen LogP contribution < -0.4 is 5.73 Å². The Balaban J connectivity index is 1.36. The third kappa shape index (κ3) is 7.04. The Kier molecular flexibility index (Phi) is 7.85. The van der Waals surface area contributed by atoms with E-state index in [1.165, 1.54) is 11.1 Å². The molecule has 0 saturated carbocycles. The Morgan fingerprint density at radius 3 is 2.10 bits per heavy atom. The van der Waals surface area contributed by atoms with Crippen LogP contribution in [0.3, 0.4) is 0 Å². The maximum Gasteiger partial charge on any atom is 0.222 e. The fraction of sp³-hybridized carbons (Fsp3) is 0.440. The topological polar surface area (TPSA) is 63.4 Å². The number of likely N-dealkylation sites (tertiary alicyclic amines) is 1. The minimum atomic E-state index is -0.254. The summed E-state index contributed by atoms with van der Waals surface area (Å²) in [5.74, 6) is 0.688. The van der Waals surface area contributed by atoms with Gasteiger partial charge in [-0.1, -0.05) is 54.6 Å². The molecule has 4 heteroatoms. The van der Waals surface area contributed by atoms with Crippen LogP contribution in [-0.2, 0) is 28.9 Å². The molecule has 0 radical (unpaired) electrons. The van der Waals surface area contributed by atoms with Crippen LogP contribution >= 0.6 is 0 Å². The summed E-state index contributed by atoms with van der Waals surface area (Å²) >= 11 is 0. The minimum absolute atomic E-state index is 0.254. The zero-order chi connectivity index (χ0) is 20.5. The first-order chi connectivity index (χ1) is 14.1. The highest BCUT2D eigenvalue weighted by atomic mass is 16.2. The first-order valence-electron chi connectivity index (χ1n) is 10.8. The van der Waals surface area contributed by atoms with Crippen molar-refractivity contribution >= 4 is 11.8 Å². The largest absolute Gasteiger partial charge is 0.370 e. The average molecular weight is 393 g/mol. The van der Waals surface area contributed by atoms with E-state index in [1.54, 1.807) is 0 Å². The molecule has 2 N–H and O–H groups in total. The molecule has 1 saturated heterocycles. The molecule has 1 fully saturated rings. The van der Waals surface area contributed by atoms with Crippen LogP contribution in [0.15, 0.2) is 54.6 Å². The molecule has 3 rings (SSSR count). The molecule has 0 unspecified atom stereocenters. The number of hydrogen-bond acceptors (Lipinski definition) is 2. The molecule has 0 atom stereocenters. The molecular weight excluding hydrogens is 360 g/mol. The summed E-state index contributed by atoms with van der Waals surface area (Å²) < 4.78 is 0. The lowest BCUT2D eigenvalue weighted by atomic mass is 9.89. The van der Waals surface area contributed by atoms with Crippen molar-refractivity contribution in [3.05, 3.63) is 71.3 Å². The SMILES string of the molecule is NC(=O)CCc1ccc(CC2CCN(C(=O)CCCc3ccccc3)CC2)cc1. The minimum Gasteiger partial charge on any atom is -0.370 e. The highest BCUT2D eigenvalue weighted by molar-refractivity contribution is 5.76. The molecule has 0 aliphatic carbocycles. The zero-order valence-electron chi connectivity index (χ0n) is 17.2. The van der Waals surface area contributed by atoms with Gasteiger partial charge in [0, 0.05) is 25.9 Å². The number of aryl methyl sites for hydroxylation is 2. The molecule has 2 aromatic carbocycles. The number of hydrogen-bond donors (Lipinski definition) is 1. The van der Waals surface area contributed by atoms with Gasteiger partial charge in [0.15, 0.2) is 0 Å². The number of piperidine rings is 1. The molecule has 0 spiro atoms. The zero-order valence-corrected chi connectivity index (χ0v) is 17.2. The lowest BCUT2D eigenvalue weighted by Crippen LogP contribution is -2.38. The quantitative estimate of drug-likeness (QED) is 0.703. The van der Waals surface area contributed by atoms with Crippen LogP contribution in [0.25, 0.3) is 0 Å². The van der Waals surface area contributed by atoms with Crippen molar-refractivity contribution in [2.75, 3.05) is 13.1 Å². The third-order valence-electron chi connectivity index (χ3n) is 5.87. The van der Waals surface area contributed by atoms with Gasteiger partial charge < -0.3 is 10.6 Å². The van der Waals surface area contributed by atoms with Gasteiger partial charge in [0.25, 0.3) is 0 Å². The van der Waals surface area contributed by atoms with Crippen molar-refractivity contribution in [2.45, 2.75) is 51.4 Å². The van der Waals surface area contributed by atoms with Gasteiger partial charge in [-0.2, -0.15) is 0 Å². The first-order valence-corrected chi connectivity index (χ1v) is 10.8. The van der Waals surface area contributed by atoms with Crippen LogP contribution in [-0.4, -0.2) is 29.8 Å². The lowest BCUT2D eigenvalue weighted by Gasteiger charge is -2.32. The van der Waals surface area contributed by atoms with Gasteiger partial charge in [0.2, 0.25) is 11.8 Å². The van der Waals surface area contributed by atoms with E-state index in [0.717, 1.165) is 50.8 Å². The second-order valence-electron chi connectivity index (χ2n) is 8.15. The second kappa shape index (κ2) is 10.8. The number of carbonyl (C=O) groups is 2. The van der Waals surface area contributed by atoms with E-state index in [4.69, 9.17) is 5.73 Å². The maximum absolute atomic E-state index is 12.5. The fourth-order valence-corrected chi connectivity index (χ4v) is 4.08. The summed E-state index contributed by atoms with van der Waals surface area (Å²) in [7, 11) is 0. The molecule has 29 heavy (non-hydrogen) atoms. The van der Waals surface area contributed by atoms with E-state index >= 15 is 0 Å². The van der Waals surface area contributed by atoms with Crippen LogP contribution in [0.2, 0.25) is 0 Å². The molecule has 154 valence electrons. The third-order valence-corrected chi connectivity index (χ3v) is 5.87. The van der Waals surface area contributed by atoms with Gasteiger partial charge in [-0.3, -0.25) is 9.59 Å². The lowest BCUT2D eigenvalue weighted by molar-refractivity contribution is -0.132. The van der Waals surface area contributed by atoms with Crippen molar-refractivity contribution in [1.29, 1.82) is 0 Å². The van der Waals surface area contributed by atoms with E-state index in [9.17, 15) is 9.59 Å². The Bertz CT molecular complexity index is 778. The van der Waals surface area contributed by atoms with Gasteiger partial charge in [0.1, 0.15) is 0 Å². The van der Waals surface area contributed by atoms with E-state index in [-0.39, 0.29) is 5.91 Å². The smallest absolute Gasteiger partial charge is 0.222 e. The summed E-state index contributed by atoms with van der Waals surface area (Å²) in [4.78, 5) is 25.4. The van der Waals surface area contributed by atoms with Gasteiger partial charge in [0.05, 0.1) is 0 Å². The fourth-order valence-electron chi connectivity index (χ4n) is 4.08. The van der Waals surface area contributed by atoms with Crippen molar-refractivity contribution in [3.8, 4) is 0 Å². The second-order valence-corrected chi connectivity index (χ2v) is 8.15. The Morgan fingerprint density at radius 1 is 0.828 bits per heavy atom. The van der Waals surface area contributed by atoms with Gasteiger partial charge in [-0.25, -0.2) is 0 Å². The molecule has 2 aromatic rings. The predicted octanol–water partition coefficient (Wildman–Crippen LogP) is 3.91. The number of amides is 2. The molecule has 0 bridgehead atoms. The summed E-state index contributed by atoms with van der Waals surface area (Å²) in [6.45, 7) is 1.76. The molecule has 1 aliphatic rings. The predicted molar refractivity (Wildman–Crippen MR) is 116 cm³/mol. The van der Waals surface area contributed by atoms with Crippen LogP contribution in [0.1, 0.15) is 48.8 Å². The number of nitrogens with two attached hydrogens (primary N) is 1. The standard InChI is InChI=1S/C25H32N2O2/c26-24(28)14-13-21-9-11-22(12-10-21)19-23-15-17-27(18-16-23)25(29)8-4-7-20-5-2-1-3-6-20/h1-3,5-6,9-12,23H,4,7-8,13-19H2,(H2,26,28). The van der Waals surface area contributed by atoms with Gasteiger partial charge in [-0.15, -0.1) is 0 Å². The maximum atomic E-state index is 12.5.